The third kappa shape index (κ3) is 2.65. The van der Waals surface area contributed by atoms with E-state index in [1.807, 2.05) is 23.6 Å². The van der Waals surface area contributed by atoms with Gasteiger partial charge in [-0.3, -0.25) is 0 Å². The van der Waals surface area contributed by atoms with Crippen LogP contribution in [0.15, 0.2) is 72.1 Å². The minimum atomic E-state index is -0.255. The molecule has 112 valence electrons. The van der Waals surface area contributed by atoms with Crippen molar-refractivity contribution in [1.29, 1.82) is 0 Å². The van der Waals surface area contributed by atoms with Crippen LogP contribution in [0.2, 0.25) is 5.02 Å². The Morgan fingerprint density at radius 3 is 2.48 bits per heavy atom. The van der Waals surface area contributed by atoms with E-state index in [9.17, 15) is 4.39 Å². The summed E-state index contributed by atoms with van der Waals surface area (Å²) in [6.45, 7) is 0. The first kappa shape index (κ1) is 14.4. The van der Waals surface area contributed by atoms with E-state index in [2.05, 4.69) is 30.3 Å². The number of halogens is 2. The van der Waals surface area contributed by atoms with Gasteiger partial charge >= 0.3 is 0 Å². The molecule has 4 rings (SSSR count). The Bertz CT molecular complexity index is 1000. The maximum Gasteiger partial charge on any atom is 0.131 e. The molecule has 0 fully saturated rings. The fraction of sp³-hybridized carbons (Fsp3) is 0. The van der Waals surface area contributed by atoms with Crippen LogP contribution in [0.4, 0.5) is 4.39 Å². The molecule has 4 aromatic rings. The molecular formula is C20H12ClFS. The predicted molar refractivity (Wildman–Crippen MR) is 97.7 cm³/mol. The van der Waals surface area contributed by atoms with Gasteiger partial charge in [-0.05, 0) is 52.0 Å². The largest absolute Gasteiger partial charge is 0.206 e. The van der Waals surface area contributed by atoms with Gasteiger partial charge in [-0.15, -0.1) is 11.3 Å². The van der Waals surface area contributed by atoms with E-state index in [0.717, 1.165) is 16.0 Å². The van der Waals surface area contributed by atoms with Gasteiger partial charge in [0, 0.05) is 21.0 Å². The second-order valence-electron chi connectivity index (χ2n) is 5.35. The lowest BCUT2D eigenvalue weighted by Gasteiger charge is -2.08. The Balaban J connectivity index is 1.90. The van der Waals surface area contributed by atoms with Crippen molar-refractivity contribution in [3.63, 3.8) is 0 Å². The van der Waals surface area contributed by atoms with Gasteiger partial charge in [0.2, 0.25) is 0 Å². The van der Waals surface area contributed by atoms with Crippen LogP contribution in [0.5, 0.6) is 0 Å². The van der Waals surface area contributed by atoms with Crippen molar-refractivity contribution in [1.82, 2.24) is 0 Å². The average molecular weight is 339 g/mol. The summed E-state index contributed by atoms with van der Waals surface area (Å²) in [6.07, 6.45) is 0. The number of thiophene rings is 1. The maximum absolute atomic E-state index is 14.2. The zero-order valence-electron chi connectivity index (χ0n) is 12.1. The van der Waals surface area contributed by atoms with E-state index in [4.69, 9.17) is 11.6 Å². The predicted octanol–water partition coefficient (Wildman–Crippen LogP) is 7.03. The highest BCUT2D eigenvalue weighted by molar-refractivity contribution is 7.14. The molecule has 0 radical (unpaired) electrons. The van der Waals surface area contributed by atoms with Crippen LogP contribution < -0.4 is 0 Å². The molecule has 0 unspecified atom stereocenters. The molecule has 3 aromatic carbocycles. The summed E-state index contributed by atoms with van der Waals surface area (Å²) in [4.78, 5) is 1.05. The highest BCUT2D eigenvalue weighted by atomic mass is 35.5. The normalized spacial score (nSPS) is 11.0. The fourth-order valence-corrected chi connectivity index (χ4v) is 3.86. The quantitative estimate of drug-likeness (QED) is 0.368. The topological polar surface area (TPSA) is 0 Å². The molecule has 1 aromatic heterocycles. The molecule has 0 N–H and O–H groups in total. The molecule has 0 amide bonds. The molecule has 0 bridgehead atoms. The highest BCUT2D eigenvalue weighted by Crippen LogP contribution is 2.39. The third-order valence-corrected chi connectivity index (χ3v) is 5.09. The zero-order valence-corrected chi connectivity index (χ0v) is 13.7. The minimum Gasteiger partial charge on any atom is -0.206 e. The van der Waals surface area contributed by atoms with Gasteiger partial charge in [-0.25, -0.2) is 4.39 Å². The number of fused-ring (bicyclic) bond motifs is 1. The van der Waals surface area contributed by atoms with Crippen LogP contribution in [0, 0.1) is 5.82 Å². The van der Waals surface area contributed by atoms with Crippen LogP contribution in [0.25, 0.3) is 32.3 Å². The van der Waals surface area contributed by atoms with Crippen molar-refractivity contribution in [2.75, 3.05) is 0 Å². The van der Waals surface area contributed by atoms with E-state index >= 15 is 0 Å². The van der Waals surface area contributed by atoms with Crippen molar-refractivity contribution in [3.8, 4) is 21.6 Å². The molecule has 0 aliphatic heterocycles. The SMILES string of the molecule is Fc1ccc(Cl)cc1-c1ccsc1-c1ccc2ccccc2c1. The Labute approximate surface area is 142 Å². The summed E-state index contributed by atoms with van der Waals surface area (Å²) in [5.74, 6) is -0.255. The standard InChI is InChI=1S/C20H12ClFS/c21-16-7-8-19(22)18(12-16)17-9-10-23-20(17)15-6-5-13-3-1-2-4-14(13)11-15/h1-12H. The van der Waals surface area contributed by atoms with Gasteiger partial charge in [0.05, 0.1) is 0 Å². The Morgan fingerprint density at radius 1 is 0.783 bits per heavy atom. The molecule has 0 aliphatic rings. The van der Waals surface area contributed by atoms with E-state index in [-0.39, 0.29) is 5.82 Å². The van der Waals surface area contributed by atoms with Crippen molar-refractivity contribution in [2.24, 2.45) is 0 Å². The monoisotopic (exact) mass is 338 g/mol. The smallest absolute Gasteiger partial charge is 0.131 e. The first-order valence-corrected chi connectivity index (χ1v) is 8.50. The van der Waals surface area contributed by atoms with Crippen molar-refractivity contribution in [2.45, 2.75) is 0 Å². The van der Waals surface area contributed by atoms with Gasteiger partial charge in [0.15, 0.2) is 0 Å². The van der Waals surface area contributed by atoms with Crippen molar-refractivity contribution < 1.29 is 4.39 Å². The lowest BCUT2D eigenvalue weighted by atomic mass is 10.00. The van der Waals surface area contributed by atoms with Crippen LogP contribution in [0.1, 0.15) is 0 Å². The van der Waals surface area contributed by atoms with E-state index < -0.39 is 0 Å². The summed E-state index contributed by atoms with van der Waals surface area (Å²) in [7, 11) is 0. The second-order valence-corrected chi connectivity index (χ2v) is 6.70. The Morgan fingerprint density at radius 2 is 1.61 bits per heavy atom. The molecular weight excluding hydrogens is 327 g/mol. The summed E-state index contributed by atoms with van der Waals surface area (Å²) >= 11 is 7.66. The number of hydrogen-bond donors (Lipinski definition) is 0. The second kappa shape index (κ2) is 5.80. The van der Waals surface area contributed by atoms with Gasteiger partial charge in [-0.2, -0.15) is 0 Å². The zero-order chi connectivity index (χ0) is 15.8. The lowest BCUT2D eigenvalue weighted by Crippen LogP contribution is -1.85. The molecule has 0 saturated carbocycles. The Hall–Kier alpha value is -2.16. The van der Waals surface area contributed by atoms with Gasteiger partial charge in [0.25, 0.3) is 0 Å². The van der Waals surface area contributed by atoms with Crippen molar-refractivity contribution >= 4 is 33.7 Å². The number of rotatable bonds is 2. The third-order valence-electron chi connectivity index (χ3n) is 3.90. The van der Waals surface area contributed by atoms with Gasteiger partial charge in [0.1, 0.15) is 5.82 Å². The first-order valence-electron chi connectivity index (χ1n) is 7.24. The Kier molecular flexibility index (Phi) is 3.64. The number of hydrogen-bond acceptors (Lipinski definition) is 1. The van der Waals surface area contributed by atoms with Crippen LogP contribution in [-0.2, 0) is 0 Å². The molecule has 0 aliphatic carbocycles. The van der Waals surface area contributed by atoms with Crippen LogP contribution >= 0.6 is 22.9 Å². The van der Waals surface area contributed by atoms with E-state index in [1.165, 1.54) is 16.8 Å². The van der Waals surface area contributed by atoms with Crippen LogP contribution in [0.3, 0.4) is 0 Å². The fourth-order valence-electron chi connectivity index (χ4n) is 2.78. The van der Waals surface area contributed by atoms with Gasteiger partial charge < -0.3 is 0 Å². The van der Waals surface area contributed by atoms with E-state index in [0.29, 0.717) is 10.6 Å². The number of benzene rings is 3. The molecule has 0 nitrogen and oxygen atoms in total. The van der Waals surface area contributed by atoms with Gasteiger partial charge in [-0.1, -0.05) is 48.0 Å². The summed E-state index contributed by atoms with van der Waals surface area (Å²) in [5, 5.41) is 4.90. The van der Waals surface area contributed by atoms with Crippen LogP contribution in [-0.4, -0.2) is 0 Å². The highest BCUT2D eigenvalue weighted by Gasteiger charge is 2.13. The summed E-state index contributed by atoms with van der Waals surface area (Å²) in [6, 6.07) is 21.2. The summed E-state index contributed by atoms with van der Waals surface area (Å²) < 4.78 is 14.2. The molecule has 0 saturated heterocycles. The lowest BCUT2D eigenvalue weighted by molar-refractivity contribution is 0.631. The summed E-state index contributed by atoms with van der Waals surface area (Å²) in [5.41, 5.74) is 2.51. The van der Waals surface area contributed by atoms with E-state index in [1.54, 1.807) is 23.5 Å². The molecule has 0 atom stereocenters. The minimum absolute atomic E-state index is 0.255. The molecule has 3 heteroatoms. The molecule has 23 heavy (non-hydrogen) atoms. The molecule has 0 spiro atoms. The average Bonchev–Trinajstić information content (AvgIpc) is 3.06. The van der Waals surface area contributed by atoms with Crippen molar-refractivity contribution in [3.05, 3.63) is 82.9 Å². The maximum atomic E-state index is 14.2. The molecule has 1 heterocycles. The first-order chi connectivity index (χ1) is 11.2.